The summed E-state index contributed by atoms with van der Waals surface area (Å²) >= 11 is 0. The monoisotopic (exact) mass is 251 g/mol. The smallest absolute Gasteiger partial charge is 0.356 e. The van der Waals surface area contributed by atoms with E-state index in [0.29, 0.717) is 5.92 Å². The average molecular weight is 251 g/mol. The average Bonchev–Trinajstić information content (AvgIpc) is 2.85. The van der Waals surface area contributed by atoms with Crippen molar-refractivity contribution >= 4 is 11.8 Å². The summed E-state index contributed by atoms with van der Waals surface area (Å²) in [7, 11) is 0. The van der Waals surface area contributed by atoms with Crippen molar-refractivity contribution in [3.63, 3.8) is 0 Å². The zero-order chi connectivity index (χ0) is 13.0. The number of carboxylic acids is 1. The largest absolute Gasteiger partial charge is 0.476 e. The summed E-state index contributed by atoms with van der Waals surface area (Å²) in [6.07, 6.45) is 3.89. The van der Waals surface area contributed by atoms with Crippen LogP contribution in [0.15, 0.2) is 12.4 Å². The number of carboxylic acid groups (broad SMARTS) is 1. The fourth-order valence-electron chi connectivity index (χ4n) is 2.06. The van der Waals surface area contributed by atoms with Crippen LogP contribution < -0.4 is 4.90 Å². The summed E-state index contributed by atoms with van der Waals surface area (Å²) in [5.74, 6) is 0.203. The molecule has 0 saturated carbocycles. The van der Waals surface area contributed by atoms with Gasteiger partial charge >= 0.3 is 5.97 Å². The number of rotatable bonds is 5. The standard InChI is InChI=1S/C12H17N3O3/c1-2-18-8-9-3-4-15(7-9)11-6-13-10(5-14-11)12(16)17/h5-6,9H,2-4,7-8H2,1H3,(H,16,17). The van der Waals surface area contributed by atoms with Crippen molar-refractivity contribution in [2.75, 3.05) is 31.2 Å². The van der Waals surface area contributed by atoms with Gasteiger partial charge in [-0.1, -0.05) is 0 Å². The van der Waals surface area contributed by atoms with Crippen molar-refractivity contribution in [1.82, 2.24) is 9.97 Å². The summed E-state index contributed by atoms with van der Waals surface area (Å²) in [5.41, 5.74) is -0.0242. The van der Waals surface area contributed by atoms with E-state index in [1.807, 2.05) is 6.92 Å². The van der Waals surface area contributed by atoms with Crippen LogP contribution in [0.3, 0.4) is 0 Å². The number of aromatic nitrogens is 2. The van der Waals surface area contributed by atoms with Gasteiger partial charge in [0.15, 0.2) is 5.69 Å². The molecule has 2 rings (SSSR count). The Balaban J connectivity index is 1.94. The third-order valence-corrected chi connectivity index (χ3v) is 3.02. The Labute approximate surface area is 106 Å². The summed E-state index contributed by atoms with van der Waals surface area (Å²) in [6, 6.07) is 0. The lowest BCUT2D eigenvalue weighted by Gasteiger charge is -2.16. The molecular formula is C12H17N3O3. The predicted molar refractivity (Wildman–Crippen MR) is 65.8 cm³/mol. The molecule has 1 atom stereocenters. The van der Waals surface area contributed by atoms with E-state index >= 15 is 0 Å². The van der Waals surface area contributed by atoms with Crippen LogP contribution in [0.4, 0.5) is 5.82 Å². The highest BCUT2D eigenvalue weighted by Crippen LogP contribution is 2.21. The van der Waals surface area contributed by atoms with E-state index in [0.717, 1.165) is 38.5 Å². The minimum absolute atomic E-state index is 0.0242. The molecule has 1 N–H and O–H groups in total. The quantitative estimate of drug-likeness (QED) is 0.842. The van der Waals surface area contributed by atoms with Crippen LogP contribution in [0.2, 0.25) is 0 Å². The molecular weight excluding hydrogens is 234 g/mol. The molecule has 1 aliphatic rings. The number of nitrogens with zero attached hydrogens (tertiary/aromatic N) is 3. The molecule has 6 nitrogen and oxygen atoms in total. The van der Waals surface area contributed by atoms with Crippen LogP contribution in [0.1, 0.15) is 23.8 Å². The highest BCUT2D eigenvalue weighted by atomic mass is 16.5. The third kappa shape index (κ3) is 2.95. The van der Waals surface area contributed by atoms with Gasteiger partial charge in [0.25, 0.3) is 0 Å². The second-order valence-electron chi connectivity index (χ2n) is 4.33. The lowest BCUT2D eigenvalue weighted by Crippen LogP contribution is -2.22. The van der Waals surface area contributed by atoms with E-state index < -0.39 is 5.97 Å². The van der Waals surface area contributed by atoms with Crippen LogP contribution in [0, 0.1) is 5.92 Å². The van der Waals surface area contributed by atoms with Crippen molar-refractivity contribution in [2.24, 2.45) is 5.92 Å². The van der Waals surface area contributed by atoms with E-state index in [-0.39, 0.29) is 5.69 Å². The molecule has 6 heteroatoms. The molecule has 1 aliphatic heterocycles. The Bertz CT molecular complexity index is 408. The Kier molecular flexibility index (Phi) is 4.09. The van der Waals surface area contributed by atoms with Crippen LogP contribution in [0.25, 0.3) is 0 Å². The van der Waals surface area contributed by atoms with Crippen LogP contribution in [-0.4, -0.2) is 47.3 Å². The topological polar surface area (TPSA) is 75.5 Å². The SMILES string of the molecule is CCOCC1CCN(c2cnc(C(=O)O)cn2)C1. The Morgan fingerprint density at radius 2 is 2.39 bits per heavy atom. The highest BCUT2D eigenvalue weighted by molar-refractivity contribution is 5.84. The molecule has 1 fully saturated rings. The van der Waals surface area contributed by atoms with Gasteiger partial charge in [0, 0.05) is 25.6 Å². The predicted octanol–water partition coefficient (Wildman–Crippen LogP) is 1.04. The maximum atomic E-state index is 10.7. The van der Waals surface area contributed by atoms with Crippen molar-refractivity contribution in [2.45, 2.75) is 13.3 Å². The highest BCUT2D eigenvalue weighted by Gasteiger charge is 2.23. The van der Waals surface area contributed by atoms with Crippen LogP contribution in [0.5, 0.6) is 0 Å². The van der Waals surface area contributed by atoms with E-state index in [4.69, 9.17) is 9.84 Å². The minimum atomic E-state index is -1.05. The summed E-state index contributed by atoms with van der Waals surface area (Å²) < 4.78 is 5.41. The van der Waals surface area contributed by atoms with Gasteiger partial charge in [-0.2, -0.15) is 0 Å². The second kappa shape index (κ2) is 5.77. The van der Waals surface area contributed by atoms with Gasteiger partial charge in [0.1, 0.15) is 5.82 Å². The molecule has 0 amide bonds. The van der Waals surface area contributed by atoms with Crippen molar-refractivity contribution in [1.29, 1.82) is 0 Å². The Hall–Kier alpha value is -1.69. The van der Waals surface area contributed by atoms with E-state index in [1.165, 1.54) is 12.4 Å². The zero-order valence-electron chi connectivity index (χ0n) is 10.4. The lowest BCUT2D eigenvalue weighted by atomic mass is 10.1. The first-order chi connectivity index (χ1) is 8.70. The molecule has 0 bridgehead atoms. The van der Waals surface area contributed by atoms with Gasteiger partial charge in [-0.05, 0) is 13.3 Å². The summed E-state index contributed by atoms with van der Waals surface area (Å²) in [4.78, 5) is 20.8. The number of hydrogen-bond acceptors (Lipinski definition) is 5. The number of ether oxygens (including phenoxy) is 1. The molecule has 0 radical (unpaired) electrons. The molecule has 1 unspecified atom stereocenters. The Morgan fingerprint density at radius 1 is 1.56 bits per heavy atom. The van der Waals surface area contributed by atoms with Crippen molar-refractivity contribution in [3.8, 4) is 0 Å². The third-order valence-electron chi connectivity index (χ3n) is 3.02. The zero-order valence-corrected chi connectivity index (χ0v) is 10.4. The fraction of sp³-hybridized carbons (Fsp3) is 0.583. The molecule has 1 aromatic heterocycles. The number of carbonyl (C=O) groups is 1. The van der Waals surface area contributed by atoms with Gasteiger partial charge in [-0.25, -0.2) is 14.8 Å². The van der Waals surface area contributed by atoms with Gasteiger partial charge in [0.05, 0.1) is 19.0 Å². The first kappa shape index (κ1) is 12.8. The number of anilines is 1. The molecule has 2 heterocycles. The molecule has 0 spiro atoms. The molecule has 1 aromatic rings. The van der Waals surface area contributed by atoms with Crippen molar-refractivity contribution in [3.05, 3.63) is 18.1 Å². The van der Waals surface area contributed by atoms with E-state index in [2.05, 4.69) is 14.9 Å². The maximum absolute atomic E-state index is 10.7. The van der Waals surface area contributed by atoms with E-state index in [9.17, 15) is 4.79 Å². The second-order valence-corrected chi connectivity index (χ2v) is 4.33. The summed E-state index contributed by atoms with van der Waals surface area (Å²) in [6.45, 7) is 5.31. The molecule has 0 aromatic carbocycles. The maximum Gasteiger partial charge on any atom is 0.356 e. The fourth-order valence-corrected chi connectivity index (χ4v) is 2.06. The minimum Gasteiger partial charge on any atom is -0.476 e. The van der Waals surface area contributed by atoms with Crippen LogP contribution in [-0.2, 0) is 4.74 Å². The number of aromatic carboxylic acids is 1. The van der Waals surface area contributed by atoms with Gasteiger partial charge in [-0.15, -0.1) is 0 Å². The molecule has 98 valence electrons. The van der Waals surface area contributed by atoms with Gasteiger partial charge in [0.2, 0.25) is 0 Å². The van der Waals surface area contributed by atoms with Gasteiger partial charge in [-0.3, -0.25) is 0 Å². The molecule has 1 saturated heterocycles. The molecule has 18 heavy (non-hydrogen) atoms. The van der Waals surface area contributed by atoms with Gasteiger partial charge < -0.3 is 14.7 Å². The number of hydrogen-bond donors (Lipinski definition) is 1. The van der Waals surface area contributed by atoms with E-state index in [1.54, 1.807) is 0 Å². The van der Waals surface area contributed by atoms with Crippen molar-refractivity contribution < 1.29 is 14.6 Å². The summed E-state index contributed by atoms with van der Waals surface area (Å²) in [5, 5.41) is 8.75. The molecule has 0 aliphatic carbocycles. The normalized spacial score (nSPS) is 19.2. The first-order valence-electron chi connectivity index (χ1n) is 6.08. The Morgan fingerprint density at radius 3 is 3.00 bits per heavy atom. The van der Waals surface area contributed by atoms with Crippen LogP contribution >= 0.6 is 0 Å². The first-order valence-corrected chi connectivity index (χ1v) is 6.08. The lowest BCUT2D eigenvalue weighted by molar-refractivity contribution is 0.0690.